The molecule has 0 N–H and O–H groups in total. The van der Waals surface area contributed by atoms with Gasteiger partial charge in [0.05, 0.1) is 10.9 Å². The fourth-order valence-corrected chi connectivity index (χ4v) is 4.24. The predicted molar refractivity (Wildman–Crippen MR) is 112 cm³/mol. The van der Waals surface area contributed by atoms with Crippen LogP contribution in [0, 0.1) is 13.8 Å². The number of carbonyl (C=O) groups excluding carboxylic acids is 1. The summed E-state index contributed by atoms with van der Waals surface area (Å²) in [6.07, 6.45) is 1.65. The molecule has 27 heavy (non-hydrogen) atoms. The maximum atomic E-state index is 12.5. The minimum Gasteiger partial charge on any atom is -0.339 e. The third kappa shape index (κ3) is 5.84. The summed E-state index contributed by atoms with van der Waals surface area (Å²) in [6.45, 7) is 6.13. The number of hydrogen-bond acceptors (Lipinski definition) is 4. The fourth-order valence-electron chi connectivity index (χ4n) is 2.67. The molecule has 2 aromatic rings. The van der Waals surface area contributed by atoms with Crippen LogP contribution in [0.4, 0.5) is 0 Å². The Morgan fingerprint density at radius 3 is 2.26 bits per heavy atom. The predicted octanol–water partition coefficient (Wildman–Crippen LogP) is 4.41. The van der Waals surface area contributed by atoms with E-state index >= 15 is 0 Å². The molecule has 0 fully saturated rings. The van der Waals surface area contributed by atoms with Crippen molar-refractivity contribution >= 4 is 27.5 Å². The molecule has 146 valence electrons. The summed E-state index contributed by atoms with van der Waals surface area (Å²) in [5.41, 5.74) is 3.44. The van der Waals surface area contributed by atoms with Crippen molar-refractivity contribution in [1.29, 1.82) is 0 Å². The van der Waals surface area contributed by atoms with Gasteiger partial charge in [0.2, 0.25) is 5.91 Å². The molecule has 0 saturated carbocycles. The highest BCUT2D eigenvalue weighted by atomic mass is 32.2. The molecular weight excluding hydrogens is 378 g/mol. The van der Waals surface area contributed by atoms with Crippen LogP contribution < -0.4 is 0 Å². The summed E-state index contributed by atoms with van der Waals surface area (Å²) in [5.74, 6) is 0.803. The van der Waals surface area contributed by atoms with Crippen molar-refractivity contribution in [1.82, 2.24) is 4.90 Å². The third-order valence-corrected chi connectivity index (χ3v) is 6.95. The van der Waals surface area contributed by atoms with Gasteiger partial charge < -0.3 is 4.90 Å². The van der Waals surface area contributed by atoms with Crippen LogP contribution in [-0.4, -0.2) is 38.3 Å². The average Bonchev–Trinajstić information content (AvgIpc) is 2.62. The van der Waals surface area contributed by atoms with Gasteiger partial charge in [-0.1, -0.05) is 18.2 Å². The molecule has 0 saturated heterocycles. The monoisotopic (exact) mass is 405 g/mol. The number of hydrogen-bond donors (Lipinski definition) is 0. The van der Waals surface area contributed by atoms with Crippen LogP contribution in [-0.2, 0) is 14.6 Å². The fraction of sp³-hybridized carbons (Fsp3) is 0.381. The van der Waals surface area contributed by atoms with E-state index in [-0.39, 0.29) is 16.8 Å². The largest absolute Gasteiger partial charge is 0.339 e. The summed E-state index contributed by atoms with van der Waals surface area (Å²) in [4.78, 5) is 15.7. The van der Waals surface area contributed by atoms with Crippen molar-refractivity contribution in [3.63, 3.8) is 0 Å². The Bertz CT molecular complexity index is 906. The van der Waals surface area contributed by atoms with E-state index in [1.807, 2.05) is 6.92 Å². The number of thioether (sulfide) groups is 1. The van der Waals surface area contributed by atoms with Crippen molar-refractivity contribution in [2.24, 2.45) is 0 Å². The molecule has 1 unspecified atom stereocenters. The van der Waals surface area contributed by atoms with Crippen LogP contribution in [0.3, 0.4) is 0 Å². The molecule has 6 heteroatoms. The second-order valence-corrected chi connectivity index (χ2v) is 10.1. The van der Waals surface area contributed by atoms with E-state index in [0.717, 1.165) is 11.3 Å². The Kier molecular flexibility index (Phi) is 7.12. The molecule has 1 atom stereocenters. The second-order valence-electron chi connectivity index (χ2n) is 6.87. The number of aryl methyl sites for hydroxylation is 2. The topological polar surface area (TPSA) is 54.5 Å². The minimum absolute atomic E-state index is 0.0750. The molecule has 2 aromatic carbocycles. The van der Waals surface area contributed by atoms with Crippen LogP contribution in [0.15, 0.2) is 52.3 Å². The summed E-state index contributed by atoms with van der Waals surface area (Å²) in [5, 5.41) is 0. The molecule has 0 aliphatic rings. The van der Waals surface area contributed by atoms with Gasteiger partial charge in [-0.2, -0.15) is 0 Å². The highest BCUT2D eigenvalue weighted by Gasteiger charge is 2.18. The van der Waals surface area contributed by atoms with Crippen LogP contribution in [0.1, 0.15) is 36.1 Å². The number of nitrogens with zero attached hydrogens (tertiary/aromatic N) is 1. The molecule has 0 heterocycles. The van der Waals surface area contributed by atoms with Crippen LogP contribution in [0.25, 0.3) is 0 Å². The van der Waals surface area contributed by atoms with Gasteiger partial charge in [-0.25, -0.2) is 8.42 Å². The Labute approximate surface area is 166 Å². The van der Waals surface area contributed by atoms with Crippen molar-refractivity contribution in [3.8, 4) is 0 Å². The average molecular weight is 406 g/mol. The first-order valence-electron chi connectivity index (χ1n) is 8.85. The Hall–Kier alpha value is -1.79. The number of sulfone groups is 1. The number of benzene rings is 2. The molecule has 0 bridgehead atoms. The zero-order valence-corrected chi connectivity index (χ0v) is 18.2. The third-order valence-electron chi connectivity index (χ3n) is 4.83. The Morgan fingerprint density at radius 2 is 1.70 bits per heavy atom. The molecular formula is C21H27NO3S2. The van der Waals surface area contributed by atoms with Crippen LogP contribution in [0.5, 0.6) is 0 Å². The highest BCUT2D eigenvalue weighted by molar-refractivity contribution is 7.99. The SMILES string of the molecule is Cc1ccc(SCCC(=O)N(C)C(C)c2ccc(S(C)(=O)=O)cc2)cc1C. The molecule has 0 aliphatic heterocycles. The van der Waals surface area contributed by atoms with Crippen molar-refractivity contribution < 1.29 is 13.2 Å². The summed E-state index contributed by atoms with van der Waals surface area (Å²) >= 11 is 1.69. The van der Waals surface area contributed by atoms with Crippen molar-refractivity contribution in [2.45, 2.75) is 43.0 Å². The van der Waals surface area contributed by atoms with Crippen molar-refractivity contribution in [3.05, 3.63) is 59.2 Å². The lowest BCUT2D eigenvalue weighted by atomic mass is 10.1. The zero-order chi connectivity index (χ0) is 20.2. The van der Waals surface area contributed by atoms with Gasteiger partial charge in [-0.3, -0.25) is 4.79 Å². The van der Waals surface area contributed by atoms with Crippen molar-refractivity contribution in [2.75, 3.05) is 19.1 Å². The minimum atomic E-state index is -3.21. The molecule has 0 aromatic heterocycles. The lowest BCUT2D eigenvalue weighted by Crippen LogP contribution is -2.29. The summed E-state index contributed by atoms with van der Waals surface area (Å²) < 4.78 is 23.1. The first kappa shape index (κ1) is 21.5. The van der Waals surface area contributed by atoms with E-state index in [4.69, 9.17) is 0 Å². The molecule has 1 amide bonds. The van der Waals surface area contributed by atoms with Gasteiger partial charge >= 0.3 is 0 Å². The van der Waals surface area contributed by atoms with Gasteiger partial charge in [0.25, 0.3) is 0 Å². The van der Waals surface area contributed by atoms with E-state index in [0.29, 0.717) is 6.42 Å². The van der Waals surface area contributed by atoms with E-state index in [2.05, 4.69) is 32.0 Å². The Morgan fingerprint density at radius 1 is 1.07 bits per heavy atom. The van der Waals surface area contributed by atoms with Gasteiger partial charge in [0.15, 0.2) is 9.84 Å². The number of amides is 1. The first-order chi connectivity index (χ1) is 12.6. The lowest BCUT2D eigenvalue weighted by Gasteiger charge is -2.25. The van der Waals surface area contributed by atoms with Gasteiger partial charge in [0.1, 0.15) is 0 Å². The zero-order valence-electron chi connectivity index (χ0n) is 16.5. The standard InChI is InChI=1S/C21H27NO3S2/c1-15-6-9-19(14-16(15)2)26-13-12-21(23)22(4)17(3)18-7-10-20(11-8-18)27(5,24)25/h6-11,14,17H,12-13H2,1-5H3. The van der Waals surface area contributed by atoms with Crippen LogP contribution in [0.2, 0.25) is 0 Å². The maximum Gasteiger partial charge on any atom is 0.223 e. The molecule has 0 radical (unpaired) electrons. The maximum absolute atomic E-state index is 12.5. The lowest BCUT2D eigenvalue weighted by molar-refractivity contribution is -0.131. The molecule has 0 spiro atoms. The normalized spacial score (nSPS) is 12.6. The summed E-state index contributed by atoms with van der Waals surface area (Å²) in [7, 11) is -1.42. The smallest absolute Gasteiger partial charge is 0.223 e. The van der Waals surface area contributed by atoms with E-state index < -0.39 is 9.84 Å². The van der Waals surface area contributed by atoms with E-state index in [9.17, 15) is 13.2 Å². The second kappa shape index (κ2) is 8.93. The summed E-state index contributed by atoms with van der Waals surface area (Å²) in [6, 6.07) is 13.0. The number of carbonyl (C=O) groups is 1. The van der Waals surface area contributed by atoms with E-state index in [1.165, 1.54) is 22.3 Å². The molecule has 0 aliphatic carbocycles. The Balaban J connectivity index is 1.92. The first-order valence-corrected chi connectivity index (χ1v) is 11.7. The van der Waals surface area contributed by atoms with Gasteiger partial charge in [-0.05, 0) is 61.7 Å². The molecule has 4 nitrogen and oxygen atoms in total. The van der Waals surface area contributed by atoms with E-state index in [1.54, 1.807) is 48.0 Å². The van der Waals surface area contributed by atoms with Crippen LogP contribution >= 0.6 is 11.8 Å². The van der Waals surface area contributed by atoms with Gasteiger partial charge in [-0.15, -0.1) is 11.8 Å². The highest BCUT2D eigenvalue weighted by Crippen LogP contribution is 2.24. The molecule has 2 rings (SSSR count). The number of rotatable bonds is 7. The van der Waals surface area contributed by atoms with Gasteiger partial charge in [0, 0.05) is 30.4 Å². The quantitative estimate of drug-likeness (QED) is 0.640.